The van der Waals surface area contributed by atoms with E-state index in [1.807, 2.05) is 30.1 Å². The summed E-state index contributed by atoms with van der Waals surface area (Å²) in [5, 5.41) is 4.32. The standard InChI is InChI=1S/C17H20FN5O/c1-12-7-19-23(8-12)10-13-9-22(5-6-24-13)11-16-20-15-4-2-3-14(18)17(15)21-16/h2-4,7-8,13H,5-6,9-11H2,1H3,(H,20,21)/t13-/m1/s1. The number of nitrogens with one attached hydrogen (secondary N) is 1. The van der Waals surface area contributed by atoms with Crippen LogP contribution in [0.1, 0.15) is 11.4 Å². The lowest BCUT2D eigenvalue weighted by Crippen LogP contribution is -2.43. The Labute approximate surface area is 139 Å². The van der Waals surface area contributed by atoms with Crippen molar-refractivity contribution < 1.29 is 9.13 Å². The Bertz CT molecular complexity index is 842. The fraction of sp³-hybridized carbons (Fsp3) is 0.412. The highest BCUT2D eigenvalue weighted by Gasteiger charge is 2.22. The maximum atomic E-state index is 13.8. The molecule has 0 radical (unpaired) electrons. The summed E-state index contributed by atoms with van der Waals surface area (Å²) >= 11 is 0. The minimum absolute atomic E-state index is 0.0964. The van der Waals surface area contributed by atoms with Crippen LogP contribution in [-0.2, 0) is 17.8 Å². The van der Waals surface area contributed by atoms with Crippen molar-refractivity contribution in [3.63, 3.8) is 0 Å². The van der Waals surface area contributed by atoms with E-state index in [-0.39, 0.29) is 11.9 Å². The third kappa shape index (κ3) is 3.18. The fourth-order valence-electron chi connectivity index (χ4n) is 3.14. The number of aromatic nitrogens is 4. The average molecular weight is 329 g/mol. The number of morpholine rings is 1. The third-order valence-corrected chi connectivity index (χ3v) is 4.26. The maximum Gasteiger partial charge on any atom is 0.151 e. The molecule has 0 spiro atoms. The van der Waals surface area contributed by atoms with Crippen LogP contribution < -0.4 is 0 Å². The van der Waals surface area contributed by atoms with E-state index in [0.29, 0.717) is 18.7 Å². The number of nitrogens with zero attached hydrogens (tertiary/aromatic N) is 4. The van der Waals surface area contributed by atoms with Crippen LogP contribution in [0.2, 0.25) is 0 Å². The van der Waals surface area contributed by atoms with Gasteiger partial charge >= 0.3 is 0 Å². The number of aryl methyl sites for hydroxylation is 1. The summed E-state index contributed by atoms with van der Waals surface area (Å²) in [6.45, 7) is 5.75. The van der Waals surface area contributed by atoms with Crippen LogP contribution in [0.3, 0.4) is 0 Å². The van der Waals surface area contributed by atoms with E-state index >= 15 is 0 Å². The van der Waals surface area contributed by atoms with Crippen molar-refractivity contribution in [2.75, 3.05) is 19.7 Å². The van der Waals surface area contributed by atoms with Crippen LogP contribution in [0.5, 0.6) is 0 Å². The van der Waals surface area contributed by atoms with Gasteiger partial charge in [0, 0.05) is 19.3 Å². The zero-order chi connectivity index (χ0) is 16.5. The Morgan fingerprint density at radius 2 is 2.33 bits per heavy atom. The molecule has 0 saturated carbocycles. The van der Waals surface area contributed by atoms with Gasteiger partial charge in [0.05, 0.1) is 37.5 Å². The topological polar surface area (TPSA) is 59.0 Å². The second kappa shape index (κ2) is 6.33. The SMILES string of the molecule is Cc1cnn(C[C@H]2CN(Cc3nc4c(F)cccc4[nH]3)CCO2)c1. The van der Waals surface area contributed by atoms with E-state index in [1.54, 1.807) is 6.07 Å². The van der Waals surface area contributed by atoms with Gasteiger partial charge in [-0.05, 0) is 24.6 Å². The predicted octanol–water partition coefficient (Wildman–Crippen LogP) is 2.11. The number of ether oxygens (including phenoxy) is 1. The largest absolute Gasteiger partial charge is 0.374 e. The van der Waals surface area contributed by atoms with Crippen LogP contribution >= 0.6 is 0 Å². The summed E-state index contributed by atoms with van der Waals surface area (Å²) < 4.78 is 21.5. The lowest BCUT2D eigenvalue weighted by molar-refractivity contribution is -0.0408. The first-order valence-corrected chi connectivity index (χ1v) is 8.13. The number of aromatic amines is 1. The van der Waals surface area contributed by atoms with Gasteiger partial charge < -0.3 is 9.72 Å². The number of para-hydroxylation sites is 1. The smallest absolute Gasteiger partial charge is 0.151 e. The van der Waals surface area contributed by atoms with Crippen LogP contribution in [0.25, 0.3) is 11.0 Å². The molecule has 6 nitrogen and oxygen atoms in total. The molecule has 2 aromatic heterocycles. The quantitative estimate of drug-likeness (QED) is 0.796. The summed E-state index contributed by atoms with van der Waals surface area (Å²) in [4.78, 5) is 9.87. The van der Waals surface area contributed by atoms with Crippen molar-refractivity contribution in [2.45, 2.75) is 26.1 Å². The molecule has 1 N–H and O–H groups in total. The van der Waals surface area contributed by atoms with Crippen molar-refractivity contribution in [1.82, 2.24) is 24.6 Å². The molecule has 3 heterocycles. The fourth-order valence-corrected chi connectivity index (χ4v) is 3.14. The molecule has 4 rings (SSSR count). The first kappa shape index (κ1) is 15.3. The number of hydrogen-bond acceptors (Lipinski definition) is 4. The molecule has 24 heavy (non-hydrogen) atoms. The van der Waals surface area contributed by atoms with E-state index < -0.39 is 0 Å². The second-order valence-corrected chi connectivity index (χ2v) is 6.29. The number of imidazole rings is 1. The lowest BCUT2D eigenvalue weighted by atomic mass is 10.2. The molecule has 0 amide bonds. The number of halogens is 1. The van der Waals surface area contributed by atoms with E-state index in [9.17, 15) is 4.39 Å². The van der Waals surface area contributed by atoms with Gasteiger partial charge in [0.25, 0.3) is 0 Å². The molecule has 0 aliphatic carbocycles. The summed E-state index contributed by atoms with van der Waals surface area (Å²) in [5.74, 6) is 0.495. The molecule has 7 heteroatoms. The minimum atomic E-state index is -0.288. The van der Waals surface area contributed by atoms with Crippen molar-refractivity contribution in [3.8, 4) is 0 Å². The molecule has 1 aliphatic rings. The lowest BCUT2D eigenvalue weighted by Gasteiger charge is -2.32. The Kier molecular flexibility index (Phi) is 4.03. The minimum Gasteiger partial charge on any atom is -0.374 e. The van der Waals surface area contributed by atoms with Crippen LogP contribution in [0.15, 0.2) is 30.6 Å². The molecule has 1 atom stereocenters. The average Bonchev–Trinajstić information content (AvgIpc) is 3.14. The van der Waals surface area contributed by atoms with Crippen LogP contribution in [0.4, 0.5) is 4.39 Å². The van der Waals surface area contributed by atoms with Crippen molar-refractivity contribution in [2.24, 2.45) is 0 Å². The van der Waals surface area contributed by atoms with Crippen molar-refractivity contribution >= 4 is 11.0 Å². The normalized spacial score (nSPS) is 19.2. The number of fused-ring (bicyclic) bond motifs is 1. The molecule has 1 aromatic carbocycles. The Morgan fingerprint density at radius 1 is 1.42 bits per heavy atom. The van der Waals surface area contributed by atoms with Gasteiger partial charge in [-0.2, -0.15) is 5.10 Å². The molecule has 1 fully saturated rings. The van der Waals surface area contributed by atoms with E-state index in [2.05, 4.69) is 20.0 Å². The van der Waals surface area contributed by atoms with Gasteiger partial charge in [-0.25, -0.2) is 9.37 Å². The van der Waals surface area contributed by atoms with Crippen molar-refractivity contribution in [3.05, 3.63) is 47.8 Å². The maximum absolute atomic E-state index is 13.8. The second-order valence-electron chi connectivity index (χ2n) is 6.29. The van der Waals surface area contributed by atoms with E-state index in [1.165, 1.54) is 6.07 Å². The Morgan fingerprint density at radius 3 is 3.12 bits per heavy atom. The van der Waals surface area contributed by atoms with E-state index in [4.69, 9.17) is 4.74 Å². The first-order chi connectivity index (χ1) is 11.7. The molecular weight excluding hydrogens is 309 g/mol. The number of rotatable bonds is 4. The molecule has 1 aliphatic heterocycles. The monoisotopic (exact) mass is 329 g/mol. The van der Waals surface area contributed by atoms with Gasteiger partial charge in [-0.1, -0.05) is 6.07 Å². The summed E-state index contributed by atoms with van der Waals surface area (Å²) in [6.07, 6.45) is 3.97. The number of benzene rings is 1. The van der Waals surface area contributed by atoms with Crippen LogP contribution in [-0.4, -0.2) is 50.4 Å². The Balaban J connectivity index is 1.42. The summed E-state index contributed by atoms with van der Waals surface area (Å²) in [7, 11) is 0. The number of hydrogen-bond donors (Lipinski definition) is 1. The summed E-state index contributed by atoms with van der Waals surface area (Å²) in [6, 6.07) is 4.97. The zero-order valence-corrected chi connectivity index (χ0v) is 13.6. The predicted molar refractivity (Wildman–Crippen MR) is 88.0 cm³/mol. The molecule has 3 aromatic rings. The highest BCUT2D eigenvalue weighted by molar-refractivity contribution is 5.75. The molecule has 126 valence electrons. The third-order valence-electron chi connectivity index (χ3n) is 4.26. The number of H-pyrrole nitrogens is 1. The van der Waals surface area contributed by atoms with Crippen LogP contribution in [0, 0.1) is 12.7 Å². The highest BCUT2D eigenvalue weighted by atomic mass is 19.1. The first-order valence-electron chi connectivity index (χ1n) is 8.13. The van der Waals surface area contributed by atoms with Gasteiger partial charge in [-0.3, -0.25) is 9.58 Å². The molecule has 1 saturated heterocycles. The molecule has 0 bridgehead atoms. The van der Waals surface area contributed by atoms with E-state index in [0.717, 1.165) is 36.5 Å². The molecular formula is C17H20FN5O. The van der Waals surface area contributed by atoms with Crippen molar-refractivity contribution in [1.29, 1.82) is 0 Å². The van der Waals surface area contributed by atoms with Gasteiger partial charge in [0.2, 0.25) is 0 Å². The van der Waals surface area contributed by atoms with Gasteiger partial charge in [0.15, 0.2) is 5.82 Å². The van der Waals surface area contributed by atoms with Gasteiger partial charge in [0.1, 0.15) is 11.3 Å². The van der Waals surface area contributed by atoms with Gasteiger partial charge in [-0.15, -0.1) is 0 Å². The highest BCUT2D eigenvalue weighted by Crippen LogP contribution is 2.17. The molecule has 0 unspecified atom stereocenters. The summed E-state index contributed by atoms with van der Waals surface area (Å²) in [5.41, 5.74) is 2.29. The zero-order valence-electron chi connectivity index (χ0n) is 13.6. The Hall–Kier alpha value is -2.25.